The summed E-state index contributed by atoms with van der Waals surface area (Å²) in [7, 11) is 0. The maximum absolute atomic E-state index is 13.2. The minimum Gasteiger partial charge on any atom is -0.493 e. The zero-order valence-corrected chi connectivity index (χ0v) is 11.3. The molecular formula is C16H13F3O2. The Kier molecular flexibility index (Phi) is 4.31. The van der Waals surface area contributed by atoms with Crippen LogP contribution in [0.25, 0.3) is 11.1 Å². The molecule has 0 unspecified atom stereocenters. The van der Waals surface area contributed by atoms with Crippen LogP contribution in [-0.2, 0) is 6.18 Å². The second-order valence-electron chi connectivity index (χ2n) is 4.31. The van der Waals surface area contributed by atoms with Crippen LogP contribution < -0.4 is 4.74 Å². The average molecular weight is 294 g/mol. The second kappa shape index (κ2) is 5.99. The maximum atomic E-state index is 13.2. The Bertz CT molecular complexity index is 648. The minimum absolute atomic E-state index is 0.0167. The van der Waals surface area contributed by atoms with Crippen LogP contribution in [0.1, 0.15) is 22.8 Å². The Morgan fingerprint density at radius 3 is 2.43 bits per heavy atom. The van der Waals surface area contributed by atoms with Gasteiger partial charge in [0.05, 0.1) is 12.2 Å². The molecule has 0 saturated heterocycles. The number of rotatable bonds is 4. The summed E-state index contributed by atoms with van der Waals surface area (Å²) in [4.78, 5) is 11.1. The molecule has 110 valence electrons. The number of para-hydroxylation sites is 1. The lowest BCUT2D eigenvalue weighted by Gasteiger charge is -2.17. The van der Waals surface area contributed by atoms with Crippen molar-refractivity contribution in [3.63, 3.8) is 0 Å². The van der Waals surface area contributed by atoms with E-state index in [2.05, 4.69) is 0 Å². The lowest BCUT2D eigenvalue weighted by atomic mass is 9.94. The van der Waals surface area contributed by atoms with Gasteiger partial charge in [-0.25, -0.2) is 0 Å². The first kappa shape index (κ1) is 15.1. The highest BCUT2D eigenvalue weighted by Gasteiger charge is 2.35. The van der Waals surface area contributed by atoms with Gasteiger partial charge in [-0.05, 0) is 19.1 Å². The van der Waals surface area contributed by atoms with Crippen molar-refractivity contribution in [3.05, 3.63) is 53.6 Å². The van der Waals surface area contributed by atoms with Crippen LogP contribution in [0.4, 0.5) is 13.2 Å². The van der Waals surface area contributed by atoms with E-state index in [1.165, 1.54) is 18.2 Å². The van der Waals surface area contributed by atoms with Gasteiger partial charge in [0.2, 0.25) is 0 Å². The van der Waals surface area contributed by atoms with Gasteiger partial charge in [-0.1, -0.05) is 30.3 Å². The highest BCUT2D eigenvalue weighted by Crippen LogP contribution is 2.41. The largest absolute Gasteiger partial charge is 0.493 e. The Morgan fingerprint density at radius 1 is 1.10 bits per heavy atom. The molecule has 0 aliphatic carbocycles. The first-order valence-electron chi connectivity index (χ1n) is 6.36. The van der Waals surface area contributed by atoms with E-state index in [9.17, 15) is 18.0 Å². The first-order valence-corrected chi connectivity index (χ1v) is 6.36. The van der Waals surface area contributed by atoms with Gasteiger partial charge < -0.3 is 4.74 Å². The third kappa shape index (κ3) is 3.07. The van der Waals surface area contributed by atoms with Crippen molar-refractivity contribution >= 4 is 6.29 Å². The van der Waals surface area contributed by atoms with Crippen molar-refractivity contribution in [3.8, 4) is 16.9 Å². The molecule has 0 atom stereocenters. The van der Waals surface area contributed by atoms with Crippen molar-refractivity contribution in [2.75, 3.05) is 6.61 Å². The van der Waals surface area contributed by atoms with Gasteiger partial charge in [0, 0.05) is 16.7 Å². The van der Waals surface area contributed by atoms with Crippen molar-refractivity contribution in [1.82, 2.24) is 0 Å². The average Bonchev–Trinajstić information content (AvgIpc) is 2.46. The smallest absolute Gasteiger partial charge is 0.417 e. The summed E-state index contributed by atoms with van der Waals surface area (Å²) in [5.41, 5.74) is -0.755. The van der Waals surface area contributed by atoms with Crippen LogP contribution in [0.5, 0.6) is 5.75 Å². The Labute approximate surface area is 120 Å². The van der Waals surface area contributed by atoms with Crippen molar-refractivity contribution in [2.24, 2.45) is 0 Å². The lowest BCUT2D eigenvalue weighted by molar-refractivity contribution is -0.137. The van der Waals surface area contributed by atoms with Gasteiger partial charge in [0.1, 0.15) is 5.75 Å². The van der Waals surface area contributed by atoms with Gasteiger partial charge in [-0.2, -0.15) is 13.2 Å². The number of alkyl halides is 3. The molecule has 0 radical (unpaired) electrons. The van der Waals surface area contributed by atoms with Crippen LogP contribution >= 0.6 is 0 Å². The molecule has 0 amide bonds. The molecule has 5 heteroatoms. The summed E-state index contributed by atoms with van der Waals surface area (Å²) in [6.45, 7) is 2.06. The van der Waals surface area contributed by atoms with Gasteiger partial charge in [-0.3, -0.25) is 4.79 Å². The molecule has 21 heavy (non-hydrogen) atoms. The first-order chi connectivity index (χ1) is 9.99. The molecular weight excluding hydrogens is 281 g/mol. The van der Waals surface area contributed by atoms with E-state index in [4.69, 9.17) is 4.74 Å². The summed E-state index contributed by atoms with van der Waals surface area (Å²) >= 11 is 0. The monoisotopic (exact) mass is 294 g/mol. The lowest BCUT2D eigenvalue weighted by Crippen LogP contribution is -2.09. The quantitative estimate of drug-likeness (QED) is 0.771. The van der Waals surface area contributed by atoms with E-state index < -0.39 is 11.7 Å². The van der Waals surface area contributed by atoms with Gasteiger partial charge >= 0.3 is 6.18 Å². The minimum atomic E-state index is -4.55. The molecule has 0 heterocycles. The van der Waals surface area contributed by atoms with Gasteiger partial charge in [0.25, 0.3) is 0 Å². The fraction of sp³-hybridized carbons (Fsp3) is 0.188. The molecule has 0 bridgehead atoms. The van der Waals surface area contributed by atoms with E-state index in [1.54, 1.807) is 25.1 Å². The van der Waals surface area contributed by atoms with Gasteiger partial charge in [0.15, 0.2) is 6.29 Å². The van der Waals surface area contributed by atoms with Crippen LogP contribution in [-0.4, -0.2) is 12.9 Å². The maximum Gasteiger partial charge on any atom is 0.417 e. The van der Waals surface area contributed by atoms with Crippen molar-refractivity contribution < 1.29 is 22.7 Å². The number of hydrogen-bond acceptors (Lipinski definition) is 2. The topological polar surface area (TPSA) is 26.3 Å². The van der Waals surface area contributed by atoms with E-state index in [-0.39, 0.29) is 16.7 Å². The summed E-state index contributed by atoms with van der Waals surface area (Å²) in [5, 5.41) is 0. The molecule has 2 rings (SSSR count). The molecule has 2 aromatic rings. The summed E-state index contributed by atoms with van der Waals surface area (Å²) in [5.74, 6) is 0.319. The number of carbonyl (C=O) groups excluding carboxylic acids is 1. The fourth-order valence-corrected chi connectivity index (χ4v) is 2.16. The van der Waals surface area contributed by atoms with Crippen molar-refractivity contribution in [2.45, 2.75) is 13.1 Å². The third-order valence-electron chi connectivity index (χ3n) is 2.99. The van der Waals surface area contributed by atoms with E-state index in [0.29, 0.717) is 18.6 Å². The molecule has 0 saturated carbocycles. The molecule has 2 nitrogen and oxygen atoms in total. The Hall–Kier alpha value is -2.30. The Balaban J connectivity index is 2.76. The highest BCUT2D eigenvalue weighted by atomic mass is 19.4. The molecule has 0 N–H and O–H groups in total. The predicted octanol–water partition coefficient (Wildman–Crippen LogP) is 4.58. The SMILES string of the molecule is CCOc1ccccc1-c1c(C=O)cccc1C(F)(F)F. The number of benzene rings is 2. The molecule has 2 aromatic carbocycles. The molecule has 0 aliphatic rings. The number of ether oxygens (including phenoxy) is 1. The fourth-order valence-electron chi connectivity index (χ4n) is 2.16. The summed E-state index contributed by atoms with van der Waals surface area (Å²) in [6.07, 6.45) is -4.12. The summed E-state index contributed by atoms with van der Waals surface area (Å²) < 4.78 is 45.0. The highest BCUT2D eigenvalue weighted by molar-refractivity contribution is 5.91. The van der Waals surface area contributed by atoms with Crippen LogP contribution in [0.3, 0.4) is 0 Å². The van der Waals surface area contributed by atoms with Crippen LogP contribution in [0.2, 0.25) is 0 Å². The van der Waals surface area contributed by atoms with Crippen LogP contribution in [0.15, 0.2) is 42.5 Å². The van der Waals surface area contributed by atoms with Crippen LogP contribution in [0, 0.1) is 0 Å². The number of aldehydes is 1. The molecule has 0 fully saturated rings. The molecule has 0 aromatic heterocycles. The zero-order chi connectivity index (χ0) is 15.5. The van der Waals surface area contributed by atoms with Crippen molar-refractivity contribution in [1.29, 1.82) is 0 Å². The normalized spacial score (nSPS) is 11.2. The standard InChI is InChI=1S/C16H13F3O2/c1-2-21-14-9-4-3-7-12(14)15-11(10-20)6-5-8-13(15)16(17,18)19/h3-10H,2H2,1H3. The second-order valence-corrected chi connectivity index (χ2v) is 4.31. The Morgan fingerprint density at radius 2 is 1.81 bits per heavy atom. The third-order valence-corrected chi connectivity index (χ3v) is 2.99. The zero-order valence-electron chi connectivity index (χ0n) is 11.3. The molecule has 0 spiro atoms. The van der Waals surface area contributed by atoms with E-state index in [0.717, 1.165) is 6.07 Å². The van der Waals surface area contributed by atoms with Gasteiger partial charge in [-0.15, -0.1) is 0 Å². The van der Waals surface area contributed by atoms with E-state index in [1.807, 2.05) is 0 Å². The van der Waals surface area contributed by atoms with E-state index >= 15 is 0 Å². The molecule has 0 aliphatic heterocycles. The summed E-state index contributed by atoms with van der Waals surface area (Å²) in [6, 6.07) is 9.93. The predicted molar refractivity (Wildman–Crippen MR) is 73.4 cm³/mol. The number of halogens is 3. The number of hydrogen-bond donors (Lipinski definition) is 0. The number of carbonyl (C=O) groups is 1.